The average molecular weight is 192 g/mol. The van der Waals surface area contributed by atoms with Crippen LogP contribution >= 0.6 is 0 Å². The van der Waals surface area contributed by atoms with Crippen LogP contribution in [0.15, 0.2) is 30.3 Å². The van der Waals surface area contributed by atoms with Crippen LogP contribution in [0, 0.1) is 0 Å². The summed E-state index contributed by atoms with van der Waals surface area (Å²) < 4.78 is 0. The molecule has 0 unspecified atom stereocenters. The van der Waals surface area contributed by atoms with Crippen LogP contribution in [0.25, 0.3) is 0 Å². The van der Waals surface area contributed by atoms with Gasteiger partial charge in [0.1, 0.15) is 0 Å². The predicted molar refractivity (Wildman–Crippen MR) is 61.3 cm³/mol. The van der Waals surface area contributed by atoms with Crippen LogP contribution < -0.4 is 11.1 Å². The minimum absolute atomic E-state index is 0.806. The average Bonchev–Trinajstić information content (AvgIpc) is 2.25. The number of nitrogens with one attached hydrogen (secondary N) is 1. The van der Waals surface area contributed by atoms with Crippen molar-refractivity contribution in [3.63, 3.8) is 0 Å². The van der Waals surface area contributed by atoms with Crippen molar-refractivity contribution in [2.45, 2.75) is 19.3 Å². The first kappa shape index (κ1) is 11.2. The van der Waals surface area contributed by atoms with Crippen LogP contribution in [0.3, 0.4) is 0 Å². The van der Waals surface area contributed by atoms with E-state index in [9.17, 15) is 0 Å². The van der Waals surface area contributed by atoms with Crippen molar-refractivity contribution < 1.29 is 0 Å². The van der Waals surface area contributed by atoms with Gasteiger partial charge in [0.15, 0.2) is 0 Å². The molecule has 3 N–H and O–H groups in total. The van der Waals surface area contributed by atoms with Crippen molar-refractivity contribution in [2.75, 3.05) is 19.6 Å². The Labute approximate surface area is 86.5 Å². The largest absolute Gasteiger partial charge is 0.330 e. The second-order valence-electron chi connectivity index (χ2n) is 3.48. The number of benzene rings is 1. The summed E-state index contributed by atoms with van der Waals surface area (Å²) in [6.07, 6.45) is 3.42. The zero-order valence-corrected chi connectivity index (χ0v) is 8.71. The normalized spacial score (nSPS) is 10.4. The van der Waals surface area contributed by atoms with Gasteiger partial charge in [0.25, 0.3) is 0 Å². The van der Waals surface area contributed by atoms with Crippen LogP contribution in [0.1, 0.15) is 18.4 Å². The Balaban J connectivity index is 1.99. The van der Waals surface area contributed by atoms with Gasteiger partial charge in [0, 0.05) is 0 Å². The highest BCUT2D eigenvalue weighted by Gasteiger charge is 1.90. The van der Waals surface area contributed by atoms with Gasteiger partial charge in [-0.3, -0.25) is 0 Å². The zero-order chi connectivity index (χ0) is 10.1. The van der Waals surface area contributed by atoms with Gasteiger partial charge in [-0.15, -0.1) is 0 Å². The summed E-state index contributed by atoms with van der Waals surface area (Å²) in [5.41, 5.74) is 6.81. The molecule has 0 radical (unpaired) electrons. The summed E-state index contributed by atoms with van der Waals surface area (Å²) in [5, 5.41) is 3.41. The van der Waals surface area contributed by atoms with E-state index in [1.54, 1.807) is 0 Å². The Bertz CT molecular complexity index is 221. The third-order valence-electron chi connectivity index (χ3n) is 2.24. The highest BCUT2D eigenvalue weighted by atomic mass is 14.8. The molecule has 0 saturated heterocycles. The van der Waals surface area contributed by atoms with E-state index < -0.39 is 0 Å². The van der Waals surface area contributed by atoms with Gasteiger partial charge in [-0.2, -0.15) is 0 Å². The van der Waals surface area contributed by atoms with Gasteiger partial charge in [-0.05, 0) is 44.5 Å². The summed E-state index contributed by atoms with van der Waals surface area (Å²) in [5.74, 6) is 0. The standard InChI is InChI=1S/C12H20N2/c13-9-4-5-10-14-11-8-12-6-2-1-3-7-12/h1-3,6-7,14H,4-5,8-11,13H2. The number of rotatable bonds is 7. The molecule has 0 aromatic heterocycles. The molecular weight excluding hydrogens is 172 g/mol. The smallest absolute Gasteiger partial charge is 0.000835 e. The Morgan fingerprint density at radius 2 is 1.79 bits per heavy atom. The molecule has 1 aromatic rings. The minimum Gasteiger partial charge on any atom is -0.330 e. The lowest BCUT2D eigenvalue weighted by molar-refractivity contribution is 0.627. The number of hydrogen-bond donors (Lipinski definition) is 2. The molecule has 0 saturated carbocycles. The molecule has 0 spiro atoms. The number of unbranched alkanes of at least 4 members (excludes halogenated alkanes) is 1. The van der Waals surface area contributed by atoms with Gasteiger partial charge in [-0.1, -0.05) is 30.3 Å². The topological polar surface area (TPSA) is 38.0 Å². The first-order chi connectivity index (χ1) is 6.93. The van der Waals surface area contributed by atoms with Gasteiger partial charge in [0.05, 0.1) is 0 Å². The van der Waals surface area contributed by atoms with E-state index in [-0.39, 0.29) is 0 Å². The van der Waals surface area contributed by atoms with E-state index in [2.05, 4.69) is 35.6 Å². The molecule has 0 amide bonds. The fourth-order valence-corrected chi connectivity index (χ4v) is 1.40. The predicted octanol–water partition coefficient (Wildman–Crippen LogP) is 1.56. The van der Waals surface area contributed by atoms with E-state index in [0.29, 0.717) is 0 Å². The van der Waals surface area contributed by atoms with E-state index in [0.717, 1.165) is 32.5 Å². The van der Waals surface area contributed by atoms with Gasteiger partial charge in [0.2, 0.25) is 0 Å². The Morgan fingerprint density at radius 1 is 1.00 bits per heavy atom. The van der Waals surface area contributed by atoms with Crippen LogP contribution in [0.5, 0.6) is 0 Å². The lowest BCUT2D eigenvalue weighted by Gasteiger charge is -2.03. The maximum atomic E-state index is 5.41. The summed E-state index contributed by atoms with van der Waals surface area (Å²) in [6, 6.07) is 10.6. The summed E-state index contributed by atoms with van der Waals surface area (Å²) in [6.45, 7) is 2.96. The van der Waals surface area contributed by atoms with Crippen molar-refractivity contribution in [3.8, 4) is 0 Å². The van der Waals surface area contributed by atoms with E-state index in [1.807, 2.05) is 0 Å². The molecule has 0 heterocycles. The first-order valence-corrected chi connectivity index (χ1v) is 5.38. The molecule has 2 nitrogen and oxygen atoms in total. The minimum atomic E-state index is 0.806. The number of nitrogens with two attached hydrogens (primary N) is 1. The summed E-state index contributed by atoms with van der Waals surface area (Å²) >= 11 is 0. The van der Waals surface area contributed by atoms with Crippen molar-refractivity contribution in [2.24, 2.45) is 5.73 Å². The lowest BCUT2D eigenvalue weighted by Crippen LogP contribution is -2.19. The Hall–Kier alpha value is -0.860. The molecule has 0 atom stereocenters. The summed E-state index contributed by atoms with van der Waals surface area (Å²) in [4.78, 5) is 0. The Morgan fingerprint density at radius 3 is 2.50 bits per heavy atom. The first-order valence-electron chi connectivity index (χ1n) is 5.38. The van der Waals surface area contributed by atoms with Crippen molar-refractivity contribution in [3.05, 3.63) is 35.9 Å². The van der Waals surface area contributed by atoms with Crippen LogP contribution in [-0.4, -0.2) is 19.6 Å². The van der Waals surface area contributed by atoms with Crippen LogP contribution in [0.2, 0.25) is 0 Å². The molecule has 0 aliphatic heterocycles. The molecule has 1 aromatic carbocycles. The quantitative estimate of drug-likeness (QED) is 0.643. The molecule has 78 valence electrons. The second-order valence-corrected chi connectivity index (χ2v) is 3.48. The van der Waals surface area contributed by atoms with Crippen molar-refractivity contribution >= 4 is 0 Å². The monoisotopic (exact) mass is 192 g/mol. The van der Waals surface area contributed by atoms with Crippen LogP contribution in [-0.2, 0) is 6.42 Å². The number of hydrogen-bond acceptors (Lipinski definition) is 2. The van der Waals surface area contributed by atoms with Crippen LogP contribution in [0.4, 0.5) is 0 Å². The lowest BCUT2D eigenvalue weighted by atomic mass is 10.1. The molecular formula is C12H20N2. The molecule has 1 rings (SSSR count). The van der Waals surface area contributed by atoms with E-state index in [1.165, 1.54) is 12.0 Å². The van der Waals surface area contributed by atoms with E-state index in [4.69, 9.17) is 5.73 Å². The fraction of sp³-hybridized carbons (Fsp3) is 0.500. The molecule has 0 bridgehead atoms. The fourth-order valence-electron chi connectivity index (χ4n) is 1.40. The maximum absolute atomic E-state index is 5.41. The molecule has 0 aliphatic carbocycles. The second kappa shape index (κ2) is 7.54. The molecule has 2 heteroatoms. The van der Waals surface area contributed by atoms with Gasteiger partial charge in [-0.25, -0.2) is 0 Å². The molecule has 14 heavy (non-hydrogen) atoms. The van der Waals surface area contributed by atoms with Crippen molar-refractivity contribution in [1.29, 1.82) is 0 Å². The molecule has 0 aliphatic rings. The van der Waals surface area contributed by atoms with E-state index >= 15 is 0 Å². The third kappa shape index (κ3) is 5.00. The van der Waals surface area contributed by atoms with Crippen molar-refractivity contribution in [1.82, 2.24) is 5.32 Å². The highest BCUT2D eigenvalue weighted by molar-refractivity contribution is 5.14. The molecule has 0 fully saturated rings. The summed E-state index contributed by atoms with van der Waals surface area (Å²) in [7, 11) is 0. The maximum Gasteiger partial charge on any atom is -0.000835 e. The highest BCUT2D eigenvalue weighted by Crippen LogP contribution is 1.97. The zero-order valence-electron chi connectivity index (χ0n) is 8.71. The Kier molecular flexibility index (Phi) is 6.04. The third-order valence-corrected chi connectivity index (χ3v) is 2.24. The SMILES string of the molecule is NCCCCNCCc1ccccc1. The van der Waals surface area contributed by atoms with Gasteiger partial charge < -0.3 is 11.1 Å². The van der Waals surface area contributed by atoms with Gasteiger partial charge >= 0.3 is 0 Å².